The molecule has 0 radical (unpaired) electrons. The summed E-state index contributed by atoms with van der Waals surface area (Å²) in [7, 11) is 0. The predicted molar refractivity (Wildman–Crippen MR) is 92.7 cm³/mol. The molecule has 0 aliphatic heterocycles. The van der Waals surface area contributed by atoms with E-state index in [2.05, 4.69) is 16.0 Å². The van der Waals surface area contributed by atoms with Gasteiger partial charge in [0.1, 0.15) is 11.2 Å². The molecular weight excluding hydrogens is 298 g/mol. The summed E-state index contributed by atoms with van der Waals surface area (Å²) in [5, 5.41) is 8.35. The van der Waals surface area contributed by atoms with Crippen molar-refractivity contribution < 1.29 is 19.1 Å². The van der Waals surface area contributed by atoms with Crippen LogP contribution in [0.25, 0.3) is 0 Å². The van der Waals surface area contributed by atoms with Gasteiger partial charge in [0.2, 0.25) is 0 Å². The van der Waals surface area contributed by atoms with Crippen molar-refractivity contribution in [3.63, 3.8) is 0 Å². The molecule has 2 amide bonds. The number of carbonyl (C=O) groups excluding carboxylic acids is 2. The van der Waals surface area contributed by atoms with Gasteiger partial charge in [-0.2, -0.15) is 0 Å². The Morgan fingerprint density at radius 2 is 1.00 bits per heavy atom. The minimum Gasteiger partial charge on any atom is -0.444 e. The van der Waals surface area contributed by atoms with Gasteiger partial charge in [0, 0.05) is 26.2 Å². The minimum atomic E-state index is -0.491. The van der Waals surface area contributed by atoms with Crippen LogP contribution in [0.1, 0.15) is 55.4 Å². The molecule has 0 aromatic carbocycles. The summed E-state index contributed by atoms with van der Waals surface area (Å²) in [4.78, 5) is 22.7. The third-order valence-corrected chi connectivity index (χ3v) is 1.94. The van der Waals surface area contributed by atoms with E-state index in [0.29, 0.717) is 26.2 Å². The highest BCUT2D eigenvalue weighted by molar-refractivity contribution is 5.67. The standard InChI is InChI=1S/C14H29N3O4.C2H6/c1-13(2,3)20-11(18)16-9-7-15-8-10-17-12(19)21-14(4,5)6;1-2/h15H,7-10H2,1-6H3,(H,16,18)(H,17,19);1-2H3. The molecule has 0 unspecified atom stereocenters. The third kappa shape index (κ3) is 20.5. The number of nitrogens with one attached hydrogen (secondary N) is 3. The van der Waals surface area contributed by atoms with Gasteiger partial charge in [0.25, 0.3) is 0 Å². The van der Waals surface area contributed by atoms with Gasteiger partial charge in [0.15, 0.2) is 0 Å². The van der Waals surface area contributed by atoms with Gasteiger partial charge in [-0.15, -0.1) is 0 Å². The van der Waals surface area contributed by atoms with Gasteiger partial charge in [0.05, 0.1) is 0 Å². The second-order valence-corrected chi connectivity index (χ2v) is 6.61. The molecule has 0 bridgehead atoms. The van der Waals surface area contributed by atoms with E-state index >= 15 is 0 Å². The normalized spacial score (nSPS) is 11.0. The van der Waals surface area contributed by atoms with E-state index < -0.39 is 23.4 Å². The van der Waals surface area contributed by atoms with Gasteiger partial charge < -0.3 is 25.4 Å². The SMILES string of the molecule is CC.CC(C)(C)OC(=O)NCCNCCNC(=O)OC(C)(C)C. The van der Waals surface area contributed by atoms with Gasteiger partial charge in [-0.3, -0.25) is 0 Å². The Kier molecular flexibility index (Phi) is 12.4. The van der Waals surface area contributed by atoms with Crippen molar-refractivity contribution in [2.75, 3.05) is 26.2 Å². The molecule has 0 aromatic rings. The average Bonchev–Trinajstić information content (AvgIpc) is 2.35. The van der Waals surface area contributed by atoms with Gasteiger partial charge >= 0.3 is 12.2 Å². The fraction of sp³-hybridized carbons (Fsp3) is 0.875. The number of carbonyl (C=O) groups is 2. The Bertz CT molecular complexity index is 301. The van der Waals surface area contributed by atoms with E-state index in [4.69, 9.17) is 9.47 Å². The summed E-state index contributed by atoms with van der Waals surface area (Å²) in [5.74, 6) is 0. The van der Waals surface area contributed by atoms with E-state index in [1.54, 1.807) is 0 Å². The fourth-order valence-electron chi connectivity index (χ4n) is 1.26. The molecule has 0 spiro atoms. The van der Waals surface area contributed by atoms with Crippen LogP contribution in [0.3, 0.4) is 0 Å². The average molecular weight is 333 g/mol. The van der Waals surface area contributed by atoms with Crippen molar-refractivity contribution in [3.8, 4) is 0 Å². The summed E-state index contributed by atoms with van der Waals surface area (Å²) in [5.41, 5.74) is -0.982. The molecule has 0 rings (SSSR count). The van der Waals surface area contributed by atoms with E-state index in [1.807, 2.05) is 55.4 Å². The summed E-state index contributed by atoms with van der Waals surface area (Å²) in [6, 6.07) is 0. The Morgan fingerprint density at radius 1 is 0.696 bits per heavy atom. The van der Waals surface area contributed by atoms with E-state index in [-0.39, 0.29) is 0 Å². The number of alkyl carbamates (subject to hydrolysis) is 2. The second-order valence-electron chi connectivity index (χ2n) is 6.61. The lowest BCUT2D eigenvalue weighted by molar-refractivity contribution is 0.0520. The van der Waals surface area contributed by atoms with Crippen molar-refractivity contribution in [2.45, 2.75) is 66.6 Å². The molecule has 7 heteroatoms. The van der Waals surface area contributed by atoms with Crippen LogP contribution in [0.15, 0.2) is 0 Å². The van der Waals surface area contributed by atoms with Gasteiger partial charge in [-0.05, 0) is 41.5 Å². The molecule has 0 atom stereocenters. The van der Waals surface area contributed by atoms with Crippen LogP contribution in [-0.4, -0.2) is 49.6 Å². The topological polar surface area (TPSA) is 88.7 Å². The van der Waals surface area contributed by atoms with Crippen LogP contribution in [-0.2, 0) is 9.47 Å². The number of ether oxygens (including phenoxy) is 2. The predicted octanol–water partition coefficient (Wildman–Crippen LogP) is 2.65. The van der Waals surface area contributed by atoms with Gasteiger partial charge in [-0.25, -0.2) is 9.59 Å². The molecule has 0 fully saturated rings. The number of hydrogen-bond acceptors (Lipinski definition) is 5. The molecular formula is C16H35N3O4. The maximum atomic E-state index is 11.3. The van der Waals surface area contributed by atoms with Crippen LogP contribution in [0, 0.1) is 0 Å². The van der Waals surface area contributed by atoms with Crippen LogP contribution < -0.4 is 16.0 Å². The zero-order valence-electron chi connectivity index (χ0n) is 16.0. The molecule has 3 N–H and O–H groups in total. The van der Waals surface area contributed by atoms with Crippen molar-refractivity contribution in [3.05, 3.63) is 0 Å². The molecule has 138 valence electrons. The lowest BCUT2D eigenvalue weighted by Crippen LogP contribution is -2.39. The van der Waals surface area contributed by atoms with Crippen LogP contribution in [0.2, 0.25) is 0 Å². The number of rotatable bonds is 6. The van der Waals surface area contributed by atoms with Crippen molar-refractivity contribution >= 4 is 12.2 Å². The first-order valence-electron chi connectivity index (χ1n) is 8.14. The molecule has 0 saturated heterocycles. The Labute approximate surface area is 140 Å². The quantitative estimate of drug-likeness (QED) is 0.650. The molecule has 0 aliphatic carbocycles. The lowest BCUT2D eigenvalue weighted by atomic mass is 10.2. The first kappa shape index (κ1) is 23.8. The van der Waals surface area contributed by atoms with Crippen LogP contribution in [0.5, 0.6) is 0 Å². The lowest BCUT2D eigenvalue weighted by Gasteiger charge is -2.20. The Balaban J connectivity index is 0. The number of amides is 2. The van der Waals surface area contributed by atoms with E-state index in [0.717, 1.165) is 0 Å². The van der Waals surface area contributed by atoms with Crippen LogP contribution in [0.4, 0.5) is 9.59 Å². The second kappa shape index (κ2) is 12.0. The Morgan fingerprint density at radius 3 is 1.26 bits per heavy atom. The fourth-order valence-corrected chi connectivity index (χ4v) is 1.26. The van der Waals surface area contributed by atoms with Crippen LogP contribution >= 0.6 is 0 Å². The molecule has 23 heavy (non-hydrogen) atoms. The first-order valence-corrected chi connectivity index (χ1v) is 8.14. The highest BCUT2D eigenvalue weighted by atomic mass is 16.6. The monoisotopic (exact) mass is 333 g/mol. The first-order chi connectivity index (χ1) is 10.5. The molecule has 0 aliphatic rings. The molecule has 7 nitrogen and oxygen atoms in total. The highest BCUT2D eigenvalue weighted by Gasteiger charge is 2.16. The maximum Gasteiger partial charge on any atom is 0.407 e. The van der Waals surface area contributed by atoms with E-state index in [9.17, 15) is 9.59 Å². The largest absolute Gasteiger partial charge is 0.444 e. The van der Waals surface area contributed by atoms with E-state index in [1.165, 1.54) is 0 Å². The third-order valence-electron chi connectivity index (χ3n) is 1.94. The maximum absolute atomic E-state index is 11.3. The summed E-state index contributed by atoms with van der Waals surface area (Å²) >= 11 is 0. The van der Waals surface area contributed by atoms with Gasteiger partial charge in [-0.1, -0.05) is 13.8 Å². The smallest absolute Gasteiger partial charge is 0.407 e. The van der Waals surface area contributed by atoms with Crippen molar-refractivity contribution in [1.29, 1.82) is 0 Å². The summed E-state index contributed by atoms with van der Waals surface area (Å²) in [6.07, 6.45) is -0.868. The summed E-state index contributed by atoms with van der Waals surface area (Å²) < 4.78 is 10.2. The number of hydrogen-bond donors (Lipinski definition) is 3. The molecule has 0 heterocycles. The minimum absolute atomic E-state index is 0.434. The van der Waals surface area contributed by atoms with Crippen molar-refractivity contribution in [1.82, 2.24) is 16.0 Å². The Hall–Kier alpha value is -1.50. The zero-order valence-corrected chi connectivity index (χ0v) is 16.0. The zero-order chi connectivity index (χ0) is 18.5. The molecule has 0 aromatic heterocycles. The summed E-state index contributed by atoms with van der Waals surface area (Å²) in [6.45, 7) is 17.0. The van der Waals surface area contributed by atoms with Crippen molar-refractivity contribution in [2.24, 2.45) is 0 Å². The molecule has 0 saturated carbocycles. The highest BCUT2D eigenvalue weighted by Crippen LogP contribution is 2.06.